The minimum absolute atomic E-state index is 0.296. The van der Waals surface area contributed by atoms with Crippen LogP contribution >= 0.6 is 11.6 Å². The quantitative estimate of drug-likeness (QED) is 0.752. The molecule has 0 saturated carbocycles. The van der Waals surface area contributed by atoms with E-state index in [9.17, 15) is 13.2 Å². The molecule has 0 unspecified atom stereocenters. The molecular formula is C14H10ClF3O. The van der Waals surface area contributed by atoms with Crippen molar-refractivity contribution in [2.75, 3.05) is 7.11 Å². The van der Waals surface area contributed by atoms with Gasteiger partial charge in [-0.05, 0) is 23.8 Å². The molecule has 0 N–H and O–H groups in total. The maximum atomic E-state index is 12.7. The van der Waals surface area contributed by atoms with Gasteiger partial charge in [0.1, 0.15) is 5.75 Å². The average Bonchev–Trinajstić information content (AvgIpc) is 2.38. The molecule has 0 atom stereocenters. The van der Waals surface area contributed by atoms with Gasteiger partial charge in [0, 0.05) is 5.56 Å². The Hall–Kier alpha value is -1.68. The van der Waals surface area contributed by atoms with Crippen LogP contribution in [0.1, 0.15) is 5.56 Å². The number of hydrogen-bond acceptors (Lipinski definition) is 1. The molecule has 0 aromatic heterocycles. The van der Waals surface area contributed by atoms with Crippen molar-refractivity contribution in [1.82, 2.24) is 0 Å². The second-order valence-corrected chi connectivity index (χ2v) is 4.28. The second-order valence-electron chi connectivity index (χ2n) is 3.90. The van der Waals surface area contributed by atoms with E-state index in [1.54, 1.807) is 24.3 Å². The SMILES string of the molecule is COc1cccc(-c2cccc(C(F)(F)F)c2)c1Cl. The fourth-order valence-corrected chi connectivity index (χ4v) is 2.07. The molecule has 0 spiro atoms. The molecule has 0 radical (unpaired) electrons. The highest BCUT2D eigenvalue weighted by molar-refractivity contribution is 6.34. The highest BCUT2D eigenvalue weighted by Crippen LogP contribution is 2.37. The Labute approximate surface area is 113 Å². The smallest absolute Gasteiger partial charge is 0.416 e. The van der Waals surface area contributed by atoms with Gasteiger partial charge in [-0.3, -0.25) is 0 Å². The lowest BCUT2D eigenvalue weighted by atomic mass is 10.0. The van der Waals surface area contributed by atoms with E-state index in [1.165, 1.54) is 13.2 Å². The minimum Gasteiger partial charge on any atom is -0.495 e. The van der Waals surface area contributed by atoms with Crippen molar-refractivity contribution >= 4 is 11.6 Å². The lowest BCUT2D eigenvalue weighted by Gasteiger charge is -2.11. The van der Waals surface area contributed by atoms with E-state index in [0.717, 1.165) is 12.1 Å². The van der Waals surface area contributed by atoms with Crippen LogP contribution in [0.25, 0.3) is 11.1 Å². The van der Waals surface area contributed by atoms with Crippen LogP contribution in [0.5, 0.6) is 5.75 Å². The maximum Gasteiger partial charge on any atom is 0.416 e. The van der Waals surface area contributed by atoms with Crippen molar-refractivity contribution in [2.24, 2.45) is 0 Å². The summed E-state index contributed by atoms with van der Waals surface area (Å²) in [6, 6.07) is 10.0. The van der Waals surface area contributed by atoms with Crippen LogP contribution in [0.3, 0.4) is 0 Å². The number of hydrogen-bond donors (Lipinski definition) is 0. The zero-order chi connectivity index (χ0) is 14.0. The molecule has 1 nitrogen and oxygen atoms in total. The van der Waals surface area contributed by atoms with Crippen LogP contribution in [-0.4, -0.2) is 7.11 Å². The van der Waals surface area contributed by atoms with E-state index in [1.807, 2.05) is 0 Å². The molecule has 0 heterocycles. The first-order chi connectivity index (χ1) is 8.93. The van der Waals surface area contributed by atoms with Gasteiger partial charge in [0.15, 0.2) is 0 Å². The van der Waals surface area contributed by atoms with Crippen molar-refractivity contribution in [2.45, 2.75) is 6.18 Å². The first-order valence-electron chi connectivity index (χ1n) is 5.43. The summed E-state index contributed by atoms with van der Waals surface area (Å²) < 4.78 is 43.1. The maximum absolute atomic E-state index is 12.7. The number of benzene rings is 2. The van der Waals surface area contributed by atoms with Gasteiger partial charge in [0.2, 0.25) is 0 Å². The van der Waals surface area contributed by atoms with Crippen LogP contribution in [0.2, 0.25) is 5.02 Å². The van der Waals surface area contributed by atoms with Gasteiger partial charge in [0.25, 0.3) is 0 Å². The zero-order valence-electron chi connectivity index (χ0n) is 9.96. The van der Waals surface area contributed by atoms with Gasteiger partial charge in [0.05, 0.1) is 17.7 Å². The van der Waals surface area contributed by atoms with Crippen molar-refractivity contribution in [3.63, 3.8) is 0 Å². The predicted molar refractivity (Wildman–Crippen MR) is 68.4 cm³/mol. The number of halogens is 4. The molecule has 0 aliphatic carbocycles. The monoisotopic (exact) mass is 286 g/mol. The van der Waals surface area contributed by atoms with Crippen LogP contribution in [-0.2, 0) is 6.18 Å². The summed E-state index contributed by atoms with van der Waals surface area (Å²) in [5.41, 5.74) is 0.203. The van der Waals surface area contributed by atoms with Crippen molar-refractivity contribution in [1.29, 1.82) is 0 Å². The topological polar surface area (TPSA) is 9.23 Å². The molecular weight excluding hydrogens is 277 g/mol. The summed E-state index contributed by atoms with van der Waals surface area (Å²) in [5.74, 6) is 0.427. The molecule has 5 heteroatoms. The van der Waals surface area contributed by atoms with E-state index in [0.29, 0.717) is 21.9 Å². The van der Waals surface area contributed by atoms with E-state index in [4.69, 9.17) is 16.3 Å². The molecule has 2 aromatic carbocycles. The molecule has 0 bridgehead atoms. The number of alkyl halides is 3. The molecule has 100 valence electrons. The molecule has 0 fully saturated rings. The first-order valence-corrected chi connectivity index (χ1v) is 5.81. The van der Waals surface area contributed by atoms with Crippen molar-refractivity contribution in [3.8, 4) is 16.9 Å². The average molecular weight is 287 g/mol. The molecule has 2 rings (SSSR count). The van der Waals surface area contributed by atoms with Gasteiger partial charge < -0.3 is 4.74 Å². The summed E-state index contributed by atoms with van der Waals surface area (Å²) in [5, 5.41) is 0.296. The Morgan fingerprint density at radius 1 is 1.05 bits per heavy atom. The first kappa shape index (κ1) is 13.7. The van der Waals surface area contributed by atoms with Crippen molar-refractivity contribution < 1.29 is 17.9 Å². The molecule has 19 heavy (non-hydrogen) atoms. The fraction of sp³-hybridized carbons (Fsp3) is 0.143. The Bertz CT molecular complexity index is 593. The Balaban J connectivity index is 2.54. The van der Waals surface area contributed by atoms with Gasteiger partial charge in [-0.25, -0.2) is 0 Å². The van der Waals surface area contributed by atoms with Crippen LogP contribution in [0.4, 0.5) is 13.2 Å². The lowest BCUT2D eigenvalue weighted by Crippen LogP contribution is -2.04. The third kappa shape index (κ3) is 2.84. The number of rotatable bonds is 2. The minimum atomic E-state index is -4.37. The molecule has 2 aromatic rings. The van der Waals surface area contributed by atoms with E-state index in [2.05, 4.69) is 0 Å². The highest BCUT2D eigenvalue weighted by Gasteiger charge is 2.30. The summed E-state index contributed by atoms with van der Waals surface area (Å²) in [6.45, 7) is 0. The molecule has 0 aliphatic heterocycles. The number of methoxy groups -OCH3 is 1. The standard InChI is InChI=1S/C14H10ClF3O/c1-19-12-7-3-6-11(13(12)15)9-4-2-5-10(8-9)14(16,17)18/h2-8H,1H3. The van der Waals surface area contributed by atoms with Gasteiger partial charge in [-0.15, -0.1) is 0 Å². The molecule has 0 amide bonds. The highest BCUT2D eigenvalue weighted by atomic mass is 35.5. The third-order valence-corrected chi connectivity index (χ3v) is 3.07. The van der Waals surface area contributed by atoms with Gasteiger partial charge >= 0.3 is 6.18 Å². The van der Waals surface area contributed by atoms with Crippen LogP contribution in [0, 0.1) is 0 Å². The predicted octanol–water partition coefficient (Wildman–Crippen LogP) is 5.03. The number of ether oxygens (including phenoxy) is 1. The summed E-state index contributed by atoms with van der Waals surface area (Å²) in [6.07, 6.45) is -4.37. The molecule has 0 saturated heterocycles. The second kappa shape index (κ2) is 5.13. The van der Waals surface area contributed by atoms with Gasteiger partial charge in [-0.2, -0.15) is 13.2 Å². The summed E-state index contributed by atoms with van der Waals surface area (Å²) >= 11 is 6.10. The largest absolute Gasteiger partial charge is 0.495 e. The normalized spacial score (nSPS) is 11.4. The van der Waals surface area contributed by atoms with E-state index < -0.39 is 11.7 Å². The zero-order valence-corrected chi connectivity index (χ0v) is 10.7. The Morgan fingerprint density at radius 2 is 1.74 bits per heavy atom. The fourth-order valence-electron chi connectivity index (χ4n) is 1.75. The Morgan fingerprint density at radius 3 is 2.37 bits per heavy atom. The molecule has 0 aliphatic rings. The van der Waals surface area contributed by atoms with Crippen LogP contribution < -0.4 is 4.74 Å². The summed E-state index contributed by atoms with van der Waals surface area (Å²) in [4.78, 5) is 0. The Kier molecular flexibility index (Phi) is 3.71. The van der Waals surface area contributed by atoms with Crippen molar-refractivity contribution in [3.05, 3.63) is 53.1 Å². The lowest BCUT2D eigenvalue weighted by molar-refractivity contribution is -0.137. The van der Waals surface area contributed by atoms with Gasteiger partial charge in [-0.1, -0.05) is 35.9 Å². The van der Waals surface area contributed by atoms with E-state index >= 15 is 0 Å². The van der Waals surface area contributed by atoms with E-state index in [-0.39, 0.29) is 0 Å². The third-order valence-electron chi connectivity index (χ3n) is 2.68. The van der Waals surface area contributed by atoms with Crippen LogP contribution in [0.15, 0.2) is 42.5 Å². The summed E-state index contributed by atoms with van der Waals surface area (Å²) in [7, 11) is 1.46.